The Morgan fingerprint density at radius 2 is 2.21 bits per heavy atom. The van der Waals surface area contributed by atoms with Crippen LogP contribution < -0.4 is 11.2 Å². The van der Waals surface area contributed by atoms with Gasteiger partial charge in [-0.05, 0) is 12.8 Å². The van der Waals surface area contributed by atoms with E-state index in [1.54, 1.807) is 7.11 Å². The van der Waals surface area contributed by atoms with Crippen LogP contribution in [0.15, 0.2) is 20.9 Å². The van der Waals surface area contributed by atoms with Gasteiger partial charge in [-0.2, -0.15) is 5.11 Å². The van der Waals surface area contributed by atoms with E-state index in [1.807, 2.05) is 0 Å². The number of hydrogen-bond acceptors (Lipinski definition) is 6. The first-order valence-corrected chi connectivity index (χ1v) is 8.58. The van der Waals surface area contributed by atoms with Crippen LogP contribution in [-0.4, -0.2) is 69.5 Å². The van der Waals surface area contributed by atoms with E-state index < -0.39 is 0 Å². The van der Waals surface area contributed by atoms with Gasteiger partial charge in [-0.25, -0.2) is 0 Å². The van der Waals surface area contributed by atoms with Crippen molar-refractivity contribution in [2.24, 2.45) is 16.2 Å². The fraction of sp³-hybridized carbons (Fsp3) is 0.800. The molecule has 1 aliphatic carbocycles. The molecule has 0 spiro atoms. The number of nitrogens with one attached hydrogen (secondary N) is 1. The summed E-state index contributed by atoms with van der Waals surface area (Å²) in [5.41, 5.74) is 1.10. The fourth-order valence-corrected chi connectivity index (χ4v) is 3.33. The van der Waals surface area contributed by atoms with E-state index in [1.165, 1.54) is 0 Å². The van der Waals surface area contributed by atoms with E-state index in [9.17, 15) is 4.79 Å². The van der Waals surface area contributed by atoms with Gasteiger partial charge in [-0.3, -0.25) is 9.69 Å². The number of morpholine rings is 1. The SMILES string of the molecule is COC1CC(CCNC(=O)CN2CCOCC2)=C(Cl)CC1N=NN. The molecule has 0 aromatic heterocycles. The molecule has 8 nitrogen and oxygen atoms in total. The Morgan fingerprint density at radius 1 is 1.46 bits per heavy atom. The second kappa shape index (κ2) is 9.93. The highest BCUT2D eigenvalue weighted by molar-refractivity contribution is 6.30. The summed E-state index contributed by atoms with van der Waals surface area (Å²) in [5.74, 6) is 5.16. The van der Waals surface area contributed by atoms with E-state index in [-0.39, 0.29) is 18.1 Å². The molecule has 1 saturated heterocycles. The maximum Gasteiger partial charge on any atom is 0.234 e. The number of halogens is 1. The van der Waals surface area contributed by atoms with Gasteiger partial charge in [0.1, 0.15) is 6.04 Å². The maximum atomic E-state index is 12.0. The Labute approximate surface area is 147 Å². The number of hydrogen-bond donors (Lipinski definition) is 2. The molecule has 2 unspecified atom stereocenters. The Bertz CT molecular complexity index is 480. The van der Waals surface area contributed by atoms with Crippen molar-refractivity contribution in [3.63, 3.8) is 0 Å². The minimum atomic E-state index is -0.146. The van der Waals surface area contributed by atoms with Crippen LogP contribution in [0.3, 0.4) is 0 Å². The molecular weight excluding hydrogens is 334 g/mol. The molecule has 2 rings (SSSR count). The first-order chi connectivity index (χ1) is 11.6. The first kappa shape index (κ1) is 19.1. The van der Waals surface area contributed by atoms with Crippen LogP contribution in [0, 0.1) is 0 Å². The molecule has 1 fully saturated rings. The van der Waals surface area contributed by atoms with Gasteiger partial charge in [-0.15, -0.1) is 0 Å². The molecule has 9 heteroatoms. The summed E-state index contributed by atoms with van der Waals surface area (Å²) >= 11 is 6.35. The van der Waals surface area contributed by atoms with Crippen molar-refractivity contribution in [1.29, 1.82) is 0 Å². The molecule has 2 atom stereocenters. The highest BCUT2D eigenvalue weighted by atomic mass is 35.5. The van der Waals surface area contributed by atoms with Crippen molar-refractivity contribution >= 4 is 17.5 Å². The lowest BCUT2D eigenvalue weighted by molar-refractivity contribution is -0.123. The predicted octanol–water partition coefficient (Wildman–Crippen LogP) is 0.821. The average molecular weight is 360 g/mol. The van der Waals surface area contributed by atoms with E-state index in [0.29, 0.717) is 45.6 Å². The van der Waals surface area contributed by atoms with Crippen LogP contribution in [-0.2, 0) is 14.3 Å². The standard InChI is InChI=1S/C15H26ClN5O3/c1-23-14-8-11(12(16)9-13(14)19-20-17)2-3-18-15(22)10-21-4-6-24-7-5-21/h13-14H,2-10H2,1H3,(H2,17,19)(H,18,22). The van der Waals surface area contributed by atoms with Crippen LogP contribution in [0.25, 0.3) is 0 Å². The van der Waals surface area contributed by atoms with Crippen LogP contribution in [0.2, 0.25) is 0 Å². The quantitative estimate of drug-likeness (QED) is 0.398. The number of amides is 1. The monoisotopic (exact) mass is 359 g/mol. The Hall–Kier alpha value is -1.22. The van der Waals surface area contributed by atoms with Crippen molar-refractivity contribution in [3.8, 4) is 0 Å². The highest BCUT2D eigenvalue weighted by Gasteiger charge is 2.29. The third kappa shape index (κ3) is 5.70. The average Bonchev–Trinajstić information content (AvgIpc) is 2.58. The Balaban J connectivity index is 1.76. The van der Waals surface area contributed by atoms with Gasteiger partial charge in [-0.1, -0.05) is 22.4 Å². The van der Waals surface area contributed by atoms with Crippen molar-refractivity contribution in [3.05, 3.63) is 10.6 Å². The molecule has 136 valence electrons. The molecule has 1 amide bonds. The number of carbonyl (C=O) groups is 1. The molecule has 0 saturated carbocycles. The second-order valence-electron chi connectivity index (χ2n) is 5.98. The van der Waals surface area contributed by atoms with Gasteiger partial charge < -0.3 is 20.6 Å². The fourth-order valence-electron chi connectivity index (χ4n) is 3.00. The van der Waals surface area contributed by atoms with E-state index in [0.717, 1.165) is 23.7 Å². The normalized spacial score (nSPS) is 26.1. The zero-order valence-corrected chi connectivity index (χ0v) is 14.8. The van der Waals surface area contributed by atoms with Crippen LogP contribution in [0.5, 0.6) is 0 Å². The third-order valence-electron chi connectivity index (χ3n) is 4.39. The number of ether oxygens (including phenoxy) is 2. The third-order valence-corrected chi connectivity index (χ3v) is 4.81. The summed E-state index contributed by atoms with van der Waals surface area (Å²) in [6, 6.07) is -0.146. The molecule has 1 aliphatic heterocycles. The van der Waals surface area contributed by atoms with Gasteiger partial charge in [0.05, 0.1) is 25.9 Å². The van der Waals surface area contributed by atoms with Crippen LogP contribution >= 0.6 is 11.6 Å². The van der Waals surface area contributed by atoms with Crippen molar-refractivity contribution in [1.82, 2.24) is 10.2 Å². The topological polar surface area (TPSA) is 102 Å². The van der Waals surface area contributed by atoms with Crippen molar-refractivity contribution in [2.75, 3.05) is 46.5 Å². The highest BCUT2D eigenvalue weighted by Crippen LogP contribution is 2.32. The summed E-state index contributed by atoms with van der Waals surface area (Å²) < 4.78 is 10.7. The van der Waals surface area contributed by atoms with Gasteiger partial charge in [0, 0.05) is 38.2 Å². The van der Waals surface area contributed by atoms with Gasteiger partial charge in [0.25, 0.3) is 0 Å². The molecule has 1 heterocycles. The Morgan fingerprint density at radius 3 is 2.88 bits per heavy atom. The molecule has 3 N–H and O–H groups in total. The minimum absolute atomic E-state index is 0.0301. The largest absolute Gasteiger partial charge is 0.379 e. The lowest BCUT2D eigenvalue weighted by atomic mass is 9.90. The lowest BCUT2D eigenvalue weighted by Crippen LogP contribution is -2.43. The van der Waals surface area contributed by atoms with Gasteiger partial charge in [0.2, 0.25) is 5.91 Å². The van der Waals surface area contributed by atoms with Crippen LogP contribution in [0.1, 0.15) is 19.3 Å². The van der Waals surface area contributed by atoms with Crippen molar-refractivity contribution in [2.45, 2.75) is 31.4 Å². The van der Waals surface area contributed by atoms with E-state index >= 15 is 0 Å². The van der Waals surface area contributed by atoms with Gasteiger partial charge in [0.15, 0.2) is 0 Å². The zero-order chi connectivity index (χ0) is 17.4. The van der Waals surface area contributed by atoms with E-state index in [2.05, 4.69) is 20.6 Å². The molecule has 2 aliphatic rings. The second-order valence-corrected chi connectivity index (χ2v) is 6.43. The number of rotatable bonds is 7. The smallest absolute Gasteiger partial charge is 0.234 e. The van der Waals surface area contributed by atoms with Crippen molar-refractivity contribution < 1.29 is 14.3 Å². The summed E-state index contributed by atoms with van der Waals surface area (Å²) in [7, 11) is 1.64. The number of nitrogens with zero attached hydrogens (tertiary/aromatic N) is 3. The molecule has 24 heavy (non-hydrogen) atoms. The number of nitrogens with two attached hydrogens (primary N) is 1. The van der Waals surface area contributed by atoms with Gasteiger partial charge >= 0.3 is 0 Å². The van der Waals surface area contributed by atoms with E-state index in [4.69, 9.17) is 26.9 Å². The minimum Gasteiger partial charge on any atom is -0.379 e. The molecule has 0 aromatic carbocycles. The summed E-state index contributed by atoms with van der Waals surface area (Å²) in [5, 5.41) is 11.0. The van der Waals surface area contributed by atoms with Crippen LogP contribution in [0.4, 0.5) is 0 Å². The summed E-state index contributed by atoms with van der Waals surface area (Å²) in [6.07, 6.45) is 1.87. The number of methoxy groups -OCH3 is 1. The Kier molecular flexibility index (Phi) is 7.90. The lowest BCUT2D eigenvalue weighted by Gasteiger charge is -2.29. The molecular formula is C15H26ClN5O3. The molecule has 0 radical (unpaired) electrons. The predicted molar refractivity (Wildman–Crippen MR) is 90.6 cm³/mol. The summed E-state index contributed by atoms with van der Waals surface area (Å²) in [6.45, 7) is 3.96. The zero-order valence-electron chi connectivity index (χ0n) is 14.0. The molecule has 0 bridgehead atoms. The first-order valence-electron chi connectivity index (χ1n) is 8.20. The maximum absolute atomic E-state index is 12.0. The molecule has 0 aromatic rings. The number of carbonyl (C=O) groups excluding carboxylic acids is 1. The summed E-state index contributed by atoms with van der Waals surface area (Å²) in [4.78, 5) is 14.1.